The van der Waals surface area contributed by atoms with Gasteiger partial charge in [0.15, 0.2) is 23.1 Å². The van der Waals surface area contributed by atoms with Crippen molar-refractivity contribution in [1.29, 1.82) is 0 Å². The highest BCUT2D eigenvalue weighted by molar-refractivity contribution is 7.92. The van der Waals surface area contributed by atoms with E-state index >= 15 is 0 Å². The zero-order valence-electron chi connectivity index (χ0n) is 22.7. The van der Waals surface area contributed by atoms with Crippen LogP contribution in [-0.4, -0.2) is 53.8 Å². The number of aromatic nitrogens is 4. The lowest BCUT2D eigenvalue weighted by molar-refractivity contribution is 0.224. The van der Waals surface area contributed by atoms with Crippen molar-refractivity contribution in [3.63, 3.8) is 0 Å². The van der Waals surface area contributed by atoms with E-state index in [-0.39, 0.29) is 58.4 Å². The predicted octanol–water partition coefficient (Wildman–Crippen LogP) is 4.59. The fourth-order valence-electron chi connectivity index (χ4n) is 3.57. The lowest BCUT2D eigenvalue weighted by Crippen LogP contribution is -2.17. The van der Waals surface area contributed by atoms with Gasteiger partial charge in [0, 0.05) is 25.4 Å². The van der Waals surface area contributed by atoms with Crippen LogP contribution in [0.25, 0.3) is 11.6 Å². The third-order valence-corrected chi connectivity index (χ3v) is 7.04. The Hall–Kier alpha value is -4.29. The molecule has 40 heavy (non-hydrogen) atoms. The first kappa shape index (κ1) is 28.7. The Labute approximate surface area is 233 Å². The molecule has 2 aromatic heterocycles. The number of aliphatic hydroxyl groups is 1. The molecule has 4 aromatic rings. The maximum atomic E-state index is 13.6. The van der Waals surface area contributed by atoms with Gasteiger partial charge in [-0.05, 0) is 41.3 Å². The van der Waals surface area contributed by atoms with E-state index in [0.717, 1.165) is 5.56 Å². The Kier molecular flexibility index (Phi) is 8.80. The van der Waals surface area contributed by atoms with Crippen molar-refractivity contribution >= 4 is 15.8 Å². The SMILES string of the molecule is COc1ccccc1Oc1c(NS(=O)(=O)c2ccc(C(C)(C)C)cc2)nc(-c2ncccn2)nc1OCCCO. The van der Waals surface area contributed by atoms with Gasteiger partial charge < -0.3 is 19.3 Å². The molecular formula is C28H31N5O6S. The van der Waals surface area contributed by atoms with Crippen LogP contribution in [0.5, 0.6) is 23.1 Å². The van der Waals surface area contributed by atoms with Crippen molar-refractivity contribution in [2.24, 2.45) is 0 Å². The van der Waals surface area contributed by atoms with Crippen molar-refractivity contribution in [2.45, 2.75) is 37.5 Å². The van der Waals surface area contributed by atoms with Crippen LogP contribution in [0.4, 0.5) is 5.82 Å². The molecule has 0 saturated carbocycles. The number of hydrogen-bond donors (Lipinski definition) is 2. The Bertz CT molecular complexity index is 1540. The second-order valence-corrected chi connectivity index (χ2v) is 11.3. The fraction of sp³-hybridized carbons (Fsp3) is 0.286. The number of methoxy groups -OCH3 is 1. The minimum atomic E-state index is -4.13. The zero-order valence-corrected chi connectivity index (χ0v) is 23.5. The molecule has 0 aliphatic carbocycles. The van der Waals surface area contributed by atoms with Crippen LogP contribution in [0.1, 0.15) is 32.8 Å². The van der Waals surface area contributed by atoms with Crippen LogP contribution in [0, 0.1) is 0 Å². The number of aliphatic hydroxyl groups excluding tert-OH is 1. The van der Waals surface area contributed by atoms with Crippen LogP contribution in [-0.2, 0) is 15.4 Å². The summed E-state index contributed by atoms with van der Waals surface area (Å²) >= 11 is 0. The van der Waals surface area contributed by atoms with Crippen LogP contribution in [0.3, 0.4) is 0 Å². The Balaban J connectivity index is 1.85. The lowest BCUT2D eigenvalue weighted by atomic mass is 9.87. The van der Waals surface area contributed by atoms with E-state index in [0.29, 0.717) is 12.2 Å². The number of nitrogens with zero attached hydrogens (tertiary/aromatic N) is 4. The van der Waals surface area contributed by atoms with Crippen molar-refractivity contribution in [1.82, 2.24) is 19.9 Å². The Morgan fingerprint density at radius 2 is 1.57 bits per heavy atom. The Morgan fingerprint density at radius 1 is 0.900 bits per heavy atom. The van der Waals surface area contributed by atoms with Crippen molar-refractivity contribution in [2.75, 3.05) is 25.0 Å². The average Bonchev–Trinajstić information content (AvgIpc) is 2.94. The van der Waals surface area contributed by atoms with E-state index in [9.17, 15) is 13.5 Å². The van der Waals surface area contributed by atoms with Gasteiger partial charge in [0.05, 0.1) is 18.6 Å². The molecule has 0 saturated heterocycles. The molecule has 2 heterocycles. The van der Waals surface area contributed by atoms with Crippen LogP contribution < -0.4 is 18.9 Å². The summed E-state index contributed by atoms with van der Waals surface area (Å²) in [6, 6.07) is 15.1. The van der Waals surface area contributed by atoms with E-state index in [2.05, 4.69) is 24.7 Å². The summed E-state index contributed by atoms with van der Waals surface area (Å²) in [7, 11) is -2.65. The van der Waals surface area contributed by atoms with Crippen molar-refractivity contribution in [3.8, 4) is 34.8 Å². The van der Waals surface area contributed by atoms with Gasteiger partial charge in [-0.2, -0.15) is 4.98 Å². The summed E-state index contributed by atoms with van der Waals surface area (Å²) in [5, 5.41) is 9.28. The number of rotatable bonds is 11. The van der Waals surface area contributed by atoms with Gasteiger partial charge in [0.25, 0.3) is 15.9 Å². The summed E-state index contributed by atoms with van der Waals surface area (Å²) in [6.45, 7) is 6.09. The first-order valence-electron chi connectivity index (χ1n) is 12.5. The highest BCUT2D eigenvalue weighted by Crippen LogP contribution is 2.41. The molecule has 0 aliphatic heterocycles. The summed E-state index contributed by atoms with van der Waals surface area (Å²) in [6.07, 6.45) is 3.33. The predicted molar refractivity (Wildman–Crippen MR) is 149 cm³/mol. The summed E-state index contributed by atoms with van der Waals surface area (Å²) in [5.41, 5.74) is 0.834. The topological polar surface area (TPSA) is 146 Å². The number of ether oxygens (including phenoxy) is 3. The van der Waals surface area contributed by atoms with Gasteiger partial charge in [0.2, 0.25) is 11.6 Å². The van der Waals surface area contributed by atoms with Gasteiger partial charge in [0.1, 0.15) is 0 Å². The third-order valence-electron chi connectivity index (χ3n) is 5.68. The first-order valence-corrected chi connectivity index (χ1v) is 14.0. The molecule has 0 radical (unpaired) electrons. The molecule has 0 spiro atoms. The molecule has 0 fully saturated rings. The van der Waals surface area contributed by atoms with E-state index in [1.54, 1.807) is 42.5 Å². The molecule has 2 aromatic carbocycles. The number of sulfonamides is 1. The van der Waals surface area contributed by atoms with E-state index in [1.807, 2.05) is 20.8 Å². The maximum Gasteiger partial charge on any atom is 0.263 e. The maximum absolute atomic E-state index is 13.6. The quantitative estimate of drug-likeness (QED) is 0.248. The minimum absolute atomic E-state index is 0.00718. The molecule has 12 heteroatoms. The summed E-state index contributed by atoms with van der Waals surface area (Å²) in [4.78, 5) is 17.3. The zero-order chi connectivity index (χ0) is 28.8. The highest BCUT2D eigenvalue weighted by Gasteiger charge is 2.26. The highest BCUT2D eigenvalue weighted by atomic mass is 32.2. The molecule has 0 atom stereocenters. The van der Waals surface area contributed by atoms with Crippen molar-refractivity contribution < 1.29 is 27.7 Å². The molecule has 11 nitrogen and oxygen atoms in total. The van der Waals surface area contributed by atoms with E-state index < -0.39 is 10.0 Å². The first-order chi connectivity index (χ1) is 19.1. The molecule has 4 rings (SSSR count). The van der Waals surface area contributed by atoms with Crippen LogP contribution in [0.15, 0.2) is 71.9 Å². The van der Waals surface area contributed by atoms with Gasteiger partial charge in [-0.1, -0.05) is 45.0 Å². The molecular weight excluding hydrogens is 534 g/mol. The van der Waals surface area contributed by atoms with Crippen molar-refractivity contribution in [3.05, 3.63) is 72.6 Å². The normalized spacial score (nSPS) is 11.6. The largest absolute Gasteiger partial charge is 0.493 e. The van der Waals surface area contributed by atoms with Crippen LogP contribution >= 0.6 is 0 Å². The molecule has 0 amide bonds. The number of benzene rings is 2. The Morgan fingerprint density at radius 3 is 2.20 bits per heavy atom. The molecule has 2 N–H and O–H groups in total. The average molecular weight is 566 g/mol. The van der Waals surface area contributed by atoms with Gasteiger partial charge in [-0.25, -0.2) is 23.4 Å². The lowest BCUT2D eigenvalue weighted by Gasteiger charge is -2.20. The minimum Gasteiger partial charge on any atom is -0.493 e. The number of nitrogens with one attached hydrogen (secondary N) is 1. The number of para-hydroxylation sites is 2. The smallest absolute Gasteiger partial charge is 0.263 e. The second-order valence-electron chi connectivity index (χ2n) is 9.66. The third kappa shape index (κ3) is 6.82. The standard InChI is InChI=1S/C28H31N5O6S/c1-28(2,3)19-11-13-20(14-12-19)40(35,36)33-24-23(39-22-10-6-5-9-21(22)37-4)27(38-18-8-17-34)32-26(31-24)25-29-15-7-16-30-25/h5-7,9-16,34H,8,17-18H2,1-4H3,(H,31,32,33). The van der Waals surface area contributed by atoms with E-state index in [4.69, 9.17) is 14.2 Å². The summed E-state index contributed by atoms with van der Waals surface area (Å²) < 4.78 is 47.0. The number of anilines is 1. The van der Waals surface area contributed by atoms with E-state index in [1.165, 1.54) is 31.6 Å². The fourth-order valence-corrected chi connectivity index (χ4v) is 4.58. The van der Waals surface area contributed by atoms with Gasteiger partial charge >= 0.3 is 0 Å². The summed E-state index contributed by atoms with van der Waals surface area (Å²) in [5.74, 6) is 0.461. The monoisotopic (exact) mass is 565 g/mol. The molecule has 0 bridgehead atoms. The van der Waals surface area contributed by atoms with Gasteiger partial charge in [-0.3, -0.25) is 4.72 Å². The molecule has 210 valence electrons. The van der Waals surface area contributed by atoms with Crippen LogP contribution in [0.2, 0.25) is 0 Å². The van der Waals surface area contributed by atoms with Gasteiger partial charge in [-0.15, -0.1) is 0 Å². The molecule has 0 unspecified atom stereocenters. The second kappa shape index (κ2) is 12.3. The molecule has 0 aliphatic rings. The number of hydrogen-bond acceptors (Lipinski definition) is 10.